The van der Waals surface area contributed by atoms with Gasteiger partial charge in [0.25, 0.3) is 0 Å². The van der Waals surface area contributed by atoms with E-state index in [0.717, 1.165) is 6.54 Å². The average molecular weight is 186 g/mol. The first-order chi connectivity index (χ1) is 5.70. The first-order valence-corrected chi connectivity index (χ1v) is 5.35. The van der Waals surface area contributed by atoms with Crippen LogP contribution < -0.4 is 5.73 Å². The molecule has 2 saturated heterocycles. The second kappa shape index (κ2) is 2.89. The van der Waals surface area contributed by atoms with E-state index in [4.69, 9.17) is 18.4 Å². The molecule has 0 amide bonds. The Morgan fingerprint density at radius 1 is 1.67 bits per heavy atom. The molecular weight excluding hydrogens is 168 g/mol. The van der Waals surface area contributed by atoms with Crippen molar-refractivity contribution in [3.8, 4) is 0 Å². The van der Waals surface area contributed by atoms with Crippen molar-refractivity contribution >= 4 is 12.6 Å². The molecule has 3 heteroatoms. The third-order valence-electron chi connectivity index (χ3n) is 3.62. The maximum atomic E-state index is 5.87. The van der Waals surface area contributed by atoms with Gasteiger partial charge in [0.1, 0.15) is 0 Å². The topological polar surface area (TPSA) is 29.3 Å². The molecule has 2 heterocycles. The van der Waals surface area contributed by atoms with Gasteiger partial charge in [0.05, 0.1) is 0 Å². The minimum Gasteiger partial charge on any atom is -0.329 e. The van der Waals surface area contributed by atoms with Crippen molar-refractivity contribution in [1.29, 1.82) is 0 Å². The highest BCUT2D eigenvalue weighted by Crippen LogP contribution is 2.43. The molecule has 2 aliphatic heterocycles. The highest BCUT2D eigenvalue weighted by Gasteiger charge is 2.51. The third kappa shape index (κ3) is 0.963. The van der Waals surface area contributed by atoms with Gasteiger partial charge in [-0.2, -0.15) is 12.6 Å². The summed E-state index contributed by atoms with van der Waals surface area (Å²) in [6.07, 6.45) is 2.56. The van der Waals surface area contributed by atoms with Crippen LogP contribution in [-0.2, 0) is 0 Å². The number of thiol groups is 1. The molecule has 2 aliphatic rings. The predicted octanol–water partition coefficient (Wildman–Crippen LogP) is 0.728. The number of rotatable bonds is 1. The van der Waals surface area contributed by atoms with Gasteiger partial charge in [-0.3, -0.25) is 4.90 Å². The van der Waals surface area contributed by atoms with Crippen molar-refractivity contribution in [2.75, 3.05) is 19.6 Å². The number of fused-ring (bicyclic) bond motifs is 1. The summed E-state index contributed by atoms with van der Waals surface area (Å²) >= 11 is 4.71. The van der Waals surface area contributed by atoms with Gasteiger partial charge < -0.3 is 5.73 Å². The molecule has 2 nitrogen and oxygen atoms in total. The summed E-state index contributed by atoms with van der Waals surface area (Å²) in [5.41, 5.74) is 6.12. The SMILES string of the molecule is C[C@@H]1CN2CCC[C@@]2(CN)C1S. The molecule has 0 aromatic rings. The van der Waals surface area contributed by atoms with Gasteiger partial charge in [0, 0.05) is 23.9 Å². The molecule has 0 spiro atoms. The highest BCUT2D eigenvalue weighted by molar-refractivity contribution is 7.81. The van der Waals surface area contributed by atoms with Crippen LogP contribution in [0, 0.1) is 5.92 Å². The van der Waals surface area contributed by atoms with Gasteiger partial charge >= 0.3 is 0 Å². The molecule has 1 unspecified atom stereocenters. The van der Waals surface area contributed by atoms with E-state index in [9.17, 15) is 0 Å². The van der Waals surface area contributed by atoms with Crippen LogP contribution >= 0.6 is 12.6 Å². The lowest BCUT2D eigenvalue weighted by Gasteiger charge is -2.34. The molecule has 2 fully saturated rings. The van der Waals surface area contributed by atoms with Crippen molar-refractivity contribution in [2.24, 2.45) is 11.7 Å². The highest BCUT2D eigenvalue weighted by atomic mass is 32.1. The van der Waals surface area contributed by atoms with Gasteiger partial charge in [-0.05, 0) is 25.3 Å². The van der Waals surface area contributed by atoms with Gasteiger partial charge in [-0.15, -0.1) is 0 Å². The molecule has 2 rings (SSSR count). The fourth-order valence-corrected chi connectivity index (χ4v) is 3.39. The molecular formula is C9H18N2S. The fraction of sp³-hybridized carbons (Fsp3) is 1.00. The molecule has 70 valence electrons. The minimum absolute atomic E-state index is 0.253. The molecule has 0 aliphatic carbocycles. The van der Waals surface area contributed by atoms with Crippen molar-refractivity contribution in [3.05, 3.63) is 0 Å². The molecule has 0 radical (unpaired) electrons. The van der Waals surface area contributed by atoms with E-state index in [-0.39, 0.29) is 5.54 Å². The molecule has 3 atom stereocenters. The molecule has 0 saturated carbocycles. The van der Waals surface area contributed by atoms with Gasteiger partial charge in [0.2, 0.25) is 0 Å². The van der Waals surface area contributed by atoms with Crippen LogP contribution in [0.5, 0.6) is 0 Å². The second-order valence-electron chi connectivity index (χ2n) is 4.28. The van der Waals surface area contributed by atoms with Crippen molar-refractivity contribution < 1.29 is 0 Å². The van der Waals surface area contributed by atoms with E-state index in [2.05, 4.69) is 11.8 Å². The van der Waals surface area contributed by atoms with Crippen LogP contribution in [0.25, 0.3) is 0 Å². The average Bonchev–Trinajstić information content (AvgIpc) is 2.55. The minimum atomic E-state index is 0.253. The summed E-state index contributed by atoms with van der Waals surface area (Å²) in [6, 6.07) is 0. The number of hydrogen-bond donors (Lipinski definition) is 2. The fourth-order valence-electron chi connectivity index (χ4n) is 2.89. The number of hydrogen-bond acceptors (Lipinski definition) is 3. The summed E-state index contributed by atoms with van der Waals surface area (Å²) in [6.45, 7) is 5.50. The first kappa shape index (κ1) is 8.85. The Bertz CT molecular complexity index is 181. The standard InChI is InChI=1S/C9H18N2S/c1-7-5-11-4-2-3-9(11,6-10)8(7)12/h7-8,12H,2-6,10H2,1H3/t7-,8?,9-/m1/s1. The smallest absolute Gasteiger partial charge is 0.0451 e. The maximum Gasteiger partial charge on any atom is 0.0451 e. The zero-order valence-electron chi connectivity index (χ0n) is 7.66. The molecule has 2 N–H and O–H groups in total. The molecule has 0 aromatic carbocycles. The Morgan fingerprint density at radius 2 is 2.42 bits per heavy atom. The Labute approximate surface area is 79.9 Å². The van der Waals surface area contributed by atoms with E-state index >= 15 is 0 Å². The zero-order valence-corrected chi connectivity index (χ0v) is 8.56. The van der Waals surface area contributed by atoms with Crippen LogP contribution in [0.2, 0.25) is 0 Å². The monoisotopic (exact) mass is 186 g/mol. The predicted molar refractivity (Wildman–Crippen MR) is 54.5 cm³/mol. The van der Waals surface area contributed by atoms with Gasteiger partial charge in [0.15, 0.2) is 0 Å². The third-order valence-corrected chi connectivity index (χ3v) is 4.61. The number of nitrogens with two attached hydrogens (primary N) is 1. The van der Waals surface area contributed by atoms with Gasteiger partial charge in [-0.25, -0.2) is 0 Å². The van der Waals surface area contributed by atoms with Crippen LogP contribution in [0.1, 0.15) is 19.8 Å². The van der Waals surface area contributed by atoms with Crippen molar-refractivity contribution in [2.45, 2.75) is 30.6 Å². The summed E-state index contributed by atoms with van der Waals surface area (Å²) < 4.78 is 0. The molecule has 12 heavy (non-hydrogen) atoms. The van der Waals surface area contributed by atoms with E-state index in [1.165, 1.54) is 25.9 Å². The Kier molecular flexibility index (Phi) is 2.13. The van der Waals surface area contributed by atoms with Crippen LogP contribution in [-0.4, -0.2) is 35.3 Å². The van der Waals surface area contributed by atoms with E-state index in [1.807, 2.05) is 0 Å². The Morgan fingerprint density at radius 3 is 3.00 bits per heavy atom. The Balaban J connectivity index is 2.25. The summed E-state index contributed by atoms with van der Waals surface area (Å²) in [5.74, 6) is 0.706. The quantitative estimate of drug-likeness (QED) is 0.591. The zero-order chi connectivity index (χ0) is 8.77. The summed E-state index contributed by atoms with van der Waals surface area (Å²) in [5, 5.41) is 0.491. The first-order valence-electron chi connectivity index (χ1n) is 4.84. The Hall–Kier alpha value is 0.270. The lowest BCUT2D eigenvalue weighted by atomic mass is 9.90. The molecule has 0 aromatic heterocycles. The molecule has 0 bridgehead atoms. The van der Waals surface area contributed by atoms with Crippen molar-refractivity contribution in [3.63, 3.8) is 0 Å². The van der Waals surface area contributed by atoms with Crippen LogP contribution in [0.15, 0.2) is 0 Å². The second-order valence-corrected chi connectivity index (χ2v) is 4.84. The normalized spacial score (nSPS) is 48.2. The van der Waals surface area contributed by atoms with Gasteiger partial charge in [-0.1, -0.05) is 6.92 Å². The van der Waals surface area contributed by atoms with E-state index in [0.29, 0.717) is 11.2 Å². The largest absolute Gasteiger partial charge is 0.329 e. The lowest BCUT2D eigenvalue weighted by Crippen LogP contribution is -2.50. The van der Waals surface area contributed by atoms with Crippen molar-refractivity contribution in [1.82, 2.24) is 4.90 Å². The van der Waals surface area contributed by atoms with Crippen LogP contribution in [0.4, 0.5) is 0 Å². The lowest BCUT2D eigenvalue weighted by molar-refractivity contribution is 0.208. The van der Waals surface area contributed by atoms with E-state index in [1.54, 1.807) is 0 Å². The van der Waals surface area contributed by atoms with E-state index < -0.39 is 0 Å². The maximum absolute atomic E-state index is 5.87. The number of nitrogens with zero attached hydrogens (tertiary/aromatic N) is 1. The summed E-state index contributed by atoms with van der Waals surface area (Å²) in [7, 11) is 0. The summed E-state index contributed by atoms with van der Waals surface area (Å²) in [4.78, 5) is 2.55. The van der Waals surface area contributed by atoms with Crippen LogP contribution in [0.3, 0.4) is 0 Å².